The van der Waals surface area contributed by atoms with E-state index in [1.807, 2.05) is 44.2 Å². The lowest BCUT2D eigenvalue weighted by atomic mass is 9.93. The number of ether oxygens (including phenoxy) is 2. The lowest BCUT2D eigenvalue weighted by molar-refractivity contribution is -0.133. The number of nitrogens with zero attached hydrogens (tertiary/aromatic N) is 1. The average molecular weight is 529 g/mol. The third kappa shape index (κ3) is 7.96. The van der Waals surface area contributed by atoms with Gasteiger partial charge in [-0.1, -0.05) is 49.3 Å². The molecule has 1 fully saturated rings. The molecule has 0 saturated carbocycles. The highest BCUT2D eigenvalue weighted by Crippen LogP contribution is 2.29. The van der Waals surface area contributed by atoms with E-state index in [1.54, 1.807) is 13.8 Å². The number of benzene rings is 1. The molecule has 0 spiro atoms. The Morgan fingerprint density at radius 3 is 2.21 bits per heavy atom. The average Bonchev–Trinajstić information content (AvgIpc) is 3.48. The fourth-order valence-electron chi connectivity index (χ4n) is 3.98. The first-order chi connectivity index (χ1) is 18.0. The van der Waals surface area contributed by atoms with Crippen LogP contribution < -0.4 is 16.0 Å². The minimum Gasteiger partial charge on any atom is -0.382 e. The summed E-state index contributed by atoms with van der Waals surface area (Å²) in [4.78, 5) is 52.4. The normalized spacial score (nSPS) is 18.8. The van der Waals surface area contributed by atoms with Gasteiger partial charge in [-0.3, -0.25) is 19.2 Å². The summed E-state index contributed by atoms with van der Waals surface area (Å²) in [6, 6.07) is 7.71. The zero-order chi connectivity index (χ0) is 27.9. The molecule has 2 heterocycles. The SMILES string of the molecule is COCC(NC(=O)c1cc(C)no1)C(=O)NC(Cc1ccccc1)C(=O)NC(CC(C)C)C(=O)C1(C)CO1. The van der Waals surface area contributed by atoms with Crippen molar-refractivity contribution in [3.8, 4) is 0 Å². The molecular weight excluding hydrogens is 492 g/mol. The zero-order valence-electron chi connectivity index (χ0n) is 22.4. The van der Waals surface area contributed by atoms with Gasteiger partial charge >= 0.3 is 0 Å². The maximum absolute atomic E-state index is 13.5. The van der Waals surface area contributed by atoms with Crippen molar-refractivity contribution in [1.82, 2.24) is 21.1 Å². The van der Waals surface area contributed by atoms with Crippen LogP contribution in [-0.2, 0) is 30.3 Å². The van der Waals surface area contributed by atoms with Crippen LogP contribution in [0.3, 0.4) is 0 Å². The van der Waals surface area contributed by atoms with E-state index in [-0.39, 0.29) is 30.5 Å². The predicted octanol–water partition coefficient (Wildman–Crippen LogP) is 1.34. The van der Waals surface area contributed by atoms with Crippen molar-refractivity contribution < 1.29 is 33.2 Å². The monoisotopic (exact) mass is 528 g/mol. The van der Waals surface area contributed by atoms with E-state index in [1.165, 1.54) is 13.2 Å². The molecule has 1 aliphatic heterocycles. The Balaban J connectivity index is 1.78. The summed E-state index contributed by atoms with van der Waals surface area (Å²) in [6.45, 7) is 7.45. The van der Waals surface area contributed by atoms with Crippen molar-refractivity contribution in [2.45, 2.75) is 64.3 Å². The third-order valence-corrected chi connectivity index (χ3v) is 6.16. The number of aromatic nitrogens is 1. The van der Waals surface area contributed by atoms with Crippen LogP contribution in [-0.4, -0.2) is 72.7 Å². The molecule has 4 unspecified atom stereocenters. The van der Waals surface area contributed by atoms with Gasteiger partial charge in [0.05, 0.1) is 24.9 Å². The van der Waals surface area contributed by atoms with Gasteiger partial charge in [-0.25, -0.2) is 0 Å². The lowest BCUT2D eigenvalue weighted by Gasteiger charge is -2.26. The molecule has 11 heteroatoms. The van der Waals surface area contributed by atoms with E-state index in [9.17, 15) is 19.2 Å². The first-order valence-corrected chi connectivity index (χ1v) is 12.6. The van der Waals surface area contributed by atoms with Crippen LogP contribution in [0.5, 0.6) is 0 Å². The van der Waals surface area contributed by atoms with Gasteiger partial charge in [-0.2, -0.15) is 0 Å². The van der Waals surface area contributed by atoms with Crippen LogP contribution in [0.1, 0.15) is 49.0 Å². The molecule has 0 bridgehead atoms. The van der Waals surface area contributed by atoms with Crippen molar-refractivity contribution in [3.63, 3.8) is 0 Å². The number of methoxy groups -OCH3 is 1. The molecule has 11 nitrogen and oxygen atoms in total. The summed E-state index contributed by atoms with van der Waals surface area (Å²) in [6.07, 6.45) is 0.595. The molecule has 0 radical (unpaired) electrons. The maximum atomic E-state index is 13.5. The number of carbonyl (C=O) groups excluding carboxylic acids is 4. The molecule has 1 aliphatic rings. The fraction of sp³-hybridized carbons (Fsp3) is 0.519. The van der Waals surface area contributed by atoms with Crippen molar-refractivity contribution in [1.29, 1.82) is 0 Å². The Kier molecular flexibility index (Phi) is 9.76. The first-order valence-electron chi connectivity index (χ1n) is 12.6. The van der Waals surface area contributed by atoms with Crippen molar-refractivity contribution >= 4 is 23.5 Å². The van der Waals surface area contributed by atoms with Crippen molar-refractivity contribution in [3.05, 3.63) is 53.4 Å². The Bertz CT molecular complexity index is 1130. The highest BCUT2D eigenvalue weighted by molar-refractivity contribution is 5.99. The molecule has 206 valence electrons. The second kappa shape index (κ2) is 12.8. The van der Waals surface area contributed by atoms with Crippen LogP contribution in [0.2, 0.25) is 0 Å². The molecule has 0 aliphatic carbocycles. The number of carbonyl (C=O) groups is 4. The Morgan fingerprint density at radius 1 is 1.03 bits per heavy atom. The fourth-order valence-corrected chi connectivity index (χ4v) is 3.98. The van der Waals surface area contributed by atoms with Crippen LogP contribution in [0.15, 0.2) is 40.9 Å². The highest BCUT2D eigenvalue weighted by Gasteiger charge is 2.50. The molecule has 4 atom stereocenters. The Labute approximate surface area is 222 Å². The van der Waals surface area contributed by atoms with Crippen LogP contribution in [0.25, 0.3) is 0 Å². The number of hydrogen-bond donors (Lipinski definition) is 3. The summed E-state index contributed by atoms with van der Waals surface area (Å²) in [5, 5.41) is 11.8. The number of hydrogen-bond acceptors (Lipinski definition) is 8. The minimum absolute atomic E-state index is 0.0548. The minimum atomic E-state index is -1.11. The van der Waals surface area contributed by atoms with E-state index < -0.39 is 41.4 Å². The summed E-state index contributed by atoms with van der Waals surface area (Å²) < 4.78 is 15.4. The van der Waals surface area contributed by atoms with E-state index in [4.69, 9.17) is 14.0 Å². The van der Waals surface area contributed by atoms with Crippen LogP contribution in [0, 0.1) is 12.8 Å². The lowest BCUT2D eigenvalue weighted by Crippen LogP contribution is -2.58. The third-order valence-electron chi connectivity index (χ3n) is 6.16. The molecule has 3 N–H and O–H groups in total. The van der Waals surface area contributed by atoms with Gasteiger partial charge < -0.3 is 29.9 Å². The van der Waals surface area contributed by atoms with Gasteiger partial charge in [0.2, 0.25) is 17.6 Å². The summed E-state index contributed by atoms with van der Waals surface area (Å²) in [5.41, 5.74) is 0.415. The molecule has 1 aromatic heterocycles. The summed E-state index contributed by atoms with van der Waals surface area (Å²) in [7, 11) is 1.39. The predicted molar refractivity (Wildman–Crippen MR) is 137 cm³/mol. The van der Waals surface area contributed by atoms with E-state index in [0.717, 1.165) is 5.56 Å². The van der Waals surface area contributed by atoms with E-state index >= 15 is 0 Å². The topological polar surface area (TPSA) is 152 Å². The standard InChI is InChI=1S/C27H36N4O7/c1-16(2)11-19(23(32)27(4)15-37-27)28-24(33)20(13-18-9-7-6-8-10-18)29-25(34)21(14-36-5)30-26(35)22-12-17(3)31-38-22/h6-10,12,16,19-21H,11,13-15H2,1-5H3,(H,28,33)(H,29,34)(H,30,35). The maximum Gasteiger partial charge on any atom is 0.290 e. The molecule has 1 saturated heterocycles. The summed E-state index contributed by atoms with van der Waals surface area (Å²) >= 11 is 0. The second-order valence-corrected chi connectivity index (χ2v) is 10.1. The first kappa shape index (κ1) is 29.0. The molecule has 2 aromatic rings. The molecule has 3 amide bonds. The van der Waals surface area contributed by atoms with Crippen molar-refractivity contribution in [2.24, 2.45) is 5.92 Å². The molecule has 1 aromatic carbocycles. The molecule has 3 rings (SSSR count). The Hall–Kier alpha value is -3.57. The number of epoxide rings is 1. The van der Waals surface area contributed by atoms with Gasteiger partial charge in [0.1, 0.15) is 17.7 Å². The number of amides is 3. The number of ketones is 1. The van der Waals surface area contributed by atoms with Gasteiger partial charge in [0.25, 0.3) is 5.91 Å². The quantitative estimate of drug-likeness (QED) is 0.311. The van der Waals surface area contributed by atoms with Gasteiger partial charge in [-0.15, -0.1) is 0 Å². The van der Waals surface area contributed by atoms with Crippen molar-refractivity contribution in [2.75, 3.05) is 20.3 Å². The van der Waals surface area contributed by atoms with Gasteiger partial charge in [0, 0.05) is 19.6 Å². The van der Waals surface area contributed by atoms with Crippen LogP contribution in [0.4, 0.5) is 0 Å². The number of nitrogens with one attached hydrogen (secondary N) is 3. The largest absolute Gasteiger partial charge is 0.382 e. The highest BCUT2D eigenvalue weighted by atomic mass is 16.6. The Morgan fingerprint density at radius 2 is 1.66 bits per heavy atom. The van der Waals surface area contributed by atoms with Crippen LogP contribution >= 0.6 is 0 Å². The van der Waals surface area contributed by atoms with E-state index in [0.29, 0.717) is 18.7 Å². The number of rotatable bonds is 14. The number of Topliss-reactive ketones (excluding diaryl/α,β-unsaturated/α-hetero) is 1. The second-order valence-electron chi connectivity index (χ2n) is 10.1. The summed E-state index contributed by atoms with van der Waals surface area (Å²) in [5.74, 6) is -1.91. The molecular formula is C27H36N4O7. The van der Waals surface area contributed by atoms with E-state index in [2.05, 4.69) is 21.1 Å². The zero-order valence-corrected chi connectivity index (χ0v) is 22.4. The molecule has 38 heavy (non-hydrogen) atoms. The van der Waals surface area contributed by atoms with Gasteiger partial charge in [0.15, 0.2) is 5.78 Å². The smallest absolute Gasteiger partial charge is 0.290 e. The number of aryl methyl sites for hydroxylation is 1. The van der Waals surface area contributed by atoms with Gasteiger partial charge in [-0.05, 0) is 31.7 Å².